The predicted octanol–water partition coefficient (Wildman–Crippen LogP) is 3.58. The Morgan fingerprint density at radius 3 is 2.45 bits per heavy atom. The highest BCUT2D eigenvalue weighted by molar-refractivity contribution is 5.95. The molecular formula is C23H22FN5O2. The standard InChI is InChI=1S/C23H22FN5O2/c1-15-20(14-26-29(15)18-8-6-17(24)7-9-18)23(30)27-21(22-25-12-13-28(22)2)16-4-10-19(31-3)11-5-16/h4-14,21H,1-3H3,(H,27,30). The highest BCUT2D eigenvalue weighted by atomic mass is 19.1. The molecule has 0 fully saturated rings. The lowest BCUT2D eigenvalue weighted by atomic mass is 10.1. The first-order valence-corrected chi connectivity index (χ1v) is 9.70. The maximum absolute atomic E-state index is 13.2. The van der Waals surface area contributed by atoms with Crippen LogP contribution in [0.15, 0.2) is 67.1 Å². The molecule has 2 heterocycles. The van der Waals surface area contributed by atoms with E-state index in [1.54, 1.807) is 37.0 Å². The van der Waals surface area contributed by atoms with Gasteiger partial charge in [0, 0.05) is 19.4 Å². The highest BCUT2D eigenvalue weighted by Crippen LogP contribution is 2.24. The third kappa shape index (κ3) is 4.05. The zero-order valence-corrected chi connectivity index (χ0v) is 17.4. The number of amides is 1. The monoisotopic (exact) mass is 419 g/mol. The lowest BCUT2D eigenvalue weighted by Gasteiger charge is -2.19. The SMILES string of the molecule is COc1ccc(C(NC(=O)c2cnn(-c3ccc(F)cc3)c2C)c2nccn2C)cc1. The van der Waals surface area contributed by atoms with E-state index >= 15 is 0 Å². The van der Waals surface area contributed by atoms with Gasteiger partial charge < -0.3 is 14.6 Å². The highest BCUT2D eigenvalue weighted by Gasteiger charge is 2.24. The summed E-state index contributed by atoms with van der Waals surface area (Å²) in [5.41, 5.74) is 2.62. The van der Waals surface area contributed by atoms with Crippen LogP contribution in [0, 0.1) is 12.7 Å². The number of rotatable bonds is 6. The fourth-order valence-corrected chi connectivity index (χ4v) is 3.43. The molecule has 8 heteroatoms. The lowest BCUT2D eigenvalue weighted by molar-refractivity contribution is 0.0940. The molecule has 0 saturated carbocycles. The minimum atomic E-state index is -0.466. The van der Waals surface area contributed by atoms with E-state index in [0.29, 0.717) is 22.8 Å². The van der Waals surface area contributed by atoms with Crippen LogP contribution in [0.25, 0.3) is 5.69 Å². The Morgan fingerprint density at radius 2 is 1.84 bits per heavy atom. The smallest absolute Gasteiger partial charge is 0.255 e. The van der Waals surface area contributed by atoms with Gasteiger partial charge >= 0.3 is 0 Å². The van der Waals surface area contributed by atoms with E-state index in [4.69, 9.17) is 4.74 Å². The number of methoxy groups -OCH3 is 1. The third-order valence-electron chi connectivity index (χ3n) is 5.17. The van der Waals surface area contributed by atoms with E-state index in [1.165, 1.54) is 18.3 Å². The molecule has 4 rings (SSSR count). The van der Waals surface area contributed by atoms with Gasteiger partial charge in [-0.25, -0.2) is 14.1 Å². The van der Waals surface area contributed by atoms with Gasteiger partial charge in [0.2, 0.25) is 0 Å². The Labute approximate surface area is 179 Å². The number of nitrogens with one attached hydrogen (secondary N) is 1. The summed E-state index contributed by atoms with van der Waals surface area (Å²) in [7, 11) is 3.48. The average Bonchev–Trinajstić information content (AvgIpc) is 3.38. The quantitative estimate of drug-likeness (QED) is 0.518. The van der Waals surface area contributed by atoms with Crippen LogP contribution in [0.4, 0.5) is 4.39 Å². The summed E-state index contributed by atoms with van der Waals surface area (Å²) in [6.07, 6.45) is 5.03. The first kappa shape index (κ1) is 20.3. The first-order chi connectivity index (χ1) is 15.0. The number of carbonyl (C=O) groups excluding carboxylic acids is 1. The van der Waals surface area contributed by atoms with E-state index in [9.17, 15) is 9.18 Å². The molecule has 0 radical (unpaired) electrons. The van der Waals surface area contributed by atoms with E-state index in [2.05, 4.69) is 15.4 Å². The number of nitrogens with zero attached hydrogens (tertiary/aromatic N) is 4. The fraction of sp³-hybridized carbons (Fsp3) is 0.174. The number of imidazole rings is 1. The van der Waals surface area contributed by atoms with E-state index in [-0.39, 0.29) is 11.7 Å². The normalized spacial score (nSPS) is 11.9. The molecule has 1 amide bonds. The van der Waals surface area contributed by atoms with Gasteiger partial charge in [0.15, 0.2) is 0 Å². The molecule has 0 aliphatic rings. The predicted molar refractivity (Wildman–Crippen MR) is 114 cm³/mol. The van der Waals surface area contributed by atoms with Crippen molar-refractivity contribution in [3.63, 3.8) is 0 Å². The molecule has 1 unspecified atom stereocenters. The molecule has 0 saturated heterocycles. The van der Waals surface area contributed by atoms with Gasteiger partial charge in [-0.2, -0.15) is 5.10 Å². The topological polar surface area (TPSA) is 74.0 Å². The third-order valence-corrected chi connectivity index (χ3v) is 5.17. The van der Waals surface area contributed by atoms with Gasteiger partial charge in [0.25, 0.3) is 5.91 Å². The largest absolute Gasteiger partial charge is 0.497 e. The Kier molecular flexibility index (Phi) is 5.53. The first-order valence-electron chi connectivity index (χ1n) is 9.70. The summed E-state index contributed by atoms with van der Waals surface area (Å²) in [6.45, 7) is 1.80. The van der Waals surface area contributed by atoms with Crippen molar-refractivity contribution in [2.24, 2.45) is 7.05 Å². The molecule has 0 aliphatic heterocycles. The summed E-state index contributed by atoms with van der Waals surface area (Å²) in [5, 5.41) is 7.38. The summed E-state index contributed by atoms with van der Waals surface area (Å²) in [5.74, 6) is 0.811. The molecule has 0 aliphatic carbocycles. The number of ether oxygens (including phenoxy) is 1. The van der Waals surface area contributed by atoms with Crippen molar-refractivity contribution in [2.75, 3.05) is 7.11 Å². The van der Waals surface area contributed by atoms with Gasteiger partial charge in [0.05, 0.1) is 30.3 Å². The minimum absolute atomic E-state index is 0.283. The van der Waals surface area contributed by atoms with E-state index in [0.717, 1.165) is 11.3 Å². The molecule has 4 aromatic rings. The number of hydrogen-bond donors (Lipinski definition) is 1. The van der Waals surface area contributed by atoms with Crippen LogP contribution in [0.2, 0.25) is 0 Å². The molecule has 1 atom stereocenters. The van der Waals surface area contributed by atoms with E-state index < -0.39 is 6.04 Å². The van der Waals surface area contributed by atoms with E-state index in [1.807, 2.05) is 42.1 Å². The van der Waals surface area contributed by atoms with Crippen molar-refractivity contribution >= 4 is 5.91 Å². The van der Waals surface area contributed by atoms with Crippen molar-refractivity contribution in [2.45, 2.75) is 13.0 Å². The fourth-order valence-electron chi connectivity index (χ4n) is 3.43. The summed E-state index contributed by atoms with van der Waals surface area (Å²) >= 11 is 0. The number of carbonyl (C=O) groups is 1. The summed E-state index contributed by atoms with van der Waals surface area (Å²) < 4.78 is 22.0. The second-order valence-electron chi connectivity index (χ2n) is 7.11. The van der Waals surface area contributed by atoms with Crippen molar-refractivity contribution in [3.8, 4) is 11.4 Å². The average molecular weight is 419 g/mol. The van der Waals surface area contributed by atoms with Gasteiger partial charge in [-0.15, -0.1) is 0 Å². The number of aryl methyl sites for hydroxylation is 1. The number of aromatic nitrogens is 4. The Bertz CT molecular complexity index is 1200. The lowest BCUT2D eigenvalue weighted by Crippen LogP contribution is -2.31. The van der Waals surface area contributed by atoms with Crippen LogP contribution >= 0.6 is 0 Å². The molecule has 2 aromatic heterocycles. The van der Waals surface area contributed by atoms with Crippen molar-refractivity contribution in [1.29, 1.82) is 0 Å². The van der Waals surface area contributed by atoms with Crippen LogP contribution in [0.1, 0.15) is 33.5 Å². The number of benzene rings is 2. The zero-order chi connectivity index (χ0) is 22.0. The van der Waals surface area contributed by atoms with Gasteiger partial charge in [-0.05, 0) is 48.9 Å². The molecule has 0 bridgehead atoms. The molecule has 158 valence electrons. The van der Waals surface area contributed by atoms with Crippen molar-refractivity contribution < 1.29 is 13.9 Å². The van der Waals surface area contributed by atoms with Crippen molar-refractivity contribution in [3.05, 3.63) is 95.6 Å². The molecule has 0 spiro atoms. The summed E-state index contributed by atoms with van der Waals surface area (Å²) in [6, 6.07) is 13.0. The van der Waals surface area contributed by atoms with Crippen LogP contribution in [-0.2, 0) is 7.05 Å². The Balaban J connectivity index is 1.65. The second kappa shape index (κ2) is 8.43. The van der Waals surface area contributed by atoms with Crippen LogP contribution in [-0.4, -0.2) is 32.3 Å². The zero-order valence-electron chi connectivity index (χ0n) is 17.4. The second-order valence-corrected chi connectivity index (χ2v) is 7.11. The molecule has 2 aromatic carbocycles. The molecule has 31 heavy (non-hydrogen) atoms. The molecular weight excluding hydrogens is 397 g/mol. The van der Waals surface area contributed by atoms with Crippen LogP contribution in [0.3, 0.4) is 0 Å². The van der Waals surface area contributed by atoms with Crippen LogP contribution in [0.5, 0.6) is 5.75 Å². The van der Waals surface area contributed by atoms with Crippen molar-refractivity contribution in [1.82, 2.24) is 24.6 Å². The molecule has 7 nitrogen and oxygen atoms in total. The van der Waals surface area contributed by atoms with Gasteiger partial charge in [0.1, 0.15) is 23.4 Å². The van der Waals surface area contributed by atoms with Gasteiger partial charge in [-0.1, -0.05) is 12.1 Å². The minimum Gasteiger partial charge on any atom is -0.497 e. The maximum Gasteiger partial charge on any atom is 0.255 e. The van der Waals surface area contributed by atoms with Gasteiger partial charge in [-0.3, -0.25) is 4.79 Å². The Morgan fingerprint density at radius 1 is 1.13 bits per heavy atom. The van der Waals surface area contributed by atoms with Crippen LogP contribution < -0.4 is 10.1 Å². The molecule has 1 N–H and O–H groups in total. The summed E-state index contributed by atoms with van der Waals surface area (Å²) in [4.78, 5) is 17.6. The Hall–Kier alpha value is -3.94. The maximum atomic E-state index is 13.2. The number of halogens is 1. The number of hydrogen-bond acceptors (Lipinski definition) is 4.